The van der Waals surface area contributed by atoms with Gasteiger partial charge in [-0.3, -0.25) is 4.79 Å². The number of carbonyl (C=O) groups is 3. The van der Waals surface area contributed by atoms with Gasteiger partial charge in [-0.05, 0) is 39.0 Å². The number of hydrazone groups is 1. The summed E-state index contributed by atoms with van der Waals surface area (Å²) in [6.07, 6.45) is 0.925. The molecule has 1 aromatic rings. The lowest BCUT2D eigenvalue weighted by Gasteiger charge is -2.10. The Balaban J connectivity index is 3.31. The second kappa shape index (κ2) is 12.6. The SMILES string of the molecule is CCOC(=O)C(=C/C(C(=O)OCC)=C(/O)OCC)/C(N)=N/NC(=O)c1ccccc1. The lowest BCUT2D eigenvalue weighted by Crippen LogP contribution is -2.28. The van der Waals surface area contributed by atoms with Crippen LogP contribution in [0.4, 0.5) is 0 Å². The largest absolute Gasteiger partial charge is 0.480 e. The van der Waals surface area contributed by atoms with E-state index in [4.69, 9.17) is 19.9 Å². The van der Waals surface area contributed by atoms with Crippen LogP contribution in [0.25, 0.3) is 0 Å². The van der Waals surface area contributed by atoms with Crippen LogP contribution in [0.1, 0.15) is 31.1 Å². The smallest absolute Gasteiger partial charge is 0.345 e. The molecule has 0 saturated carbocycles. The molecule has 30 heavy (non-hydrogen) atoms. The molecular formula is C20H25N3O7. The van der Waals surface area contributed by atoms with E-state index in [0.29, 0.717) is 5.56 Å². The molecule has 0 unspecified atom stereocenters. The van der Waals surface area contributed by atoms with Crippen LogP contribution in [0.3, 0.4) is 0 Å². The maximum Gasteiger partial charge on any atom is 0.345 e. The summed E-state index contributed by atoms with van der Waals surface area (Å²) in [5.41, 5.74) is 7.51. The Labute approximate surface area is 174 Å². The first-order valence-electron chi connectivity index (χ1n) is 9.16. The summed E-state index contributed by atoms with van der Waals surface area (Å²) in [5, 5.41) is 13.7. The number of amidine groups is 1. The second-order valence-corrected chi connectivity index (χ2v) is 5.45. The minimum absolute atomic E-state index is 0.00965. The number of rotatable bonds is 10. The van der Waals surface area contributed by atoms with Crippen LogP contribution in [-0.2, 0) is 23.8 Å². The first kappa shape index (κ1) is 24.2. The van der Waals surface area contributed by atoms with E-state index in [2.05, 4.69) is 10.5 Å². The number of hydrogen-bond donors (Lipinski definition) is 3. The average Bonchev–Trinajstić information content (AvgIpc) is 2.73. The van der Waals surface area contributed by atoms with Gasteiger partial charge in [-0.15, -0.1) is 0 Å². The Kier molecular flexibility index (Phi) is 10.2. The maximum atomic E-state index is 12.3. The highest BCUT2D eigenvalue weighted by Crippen LogP contribution is 2.13. The monoisotopic (exact) mass is 419 g/mol. The van der Waals surface area contributed by atoms with Gasteiger partial charge in [-0.25, -0.2) is 15.0 Å². The Morgan fingerprint density at radius 2 is 1.57 bits per heavy atom. The molecule has 0 spiro atoms. The van der Waals surface area contributed by atoms with Crippen LogP contribution in [0.2, 0.25) is 0 Å². The van der Waals surface area contributed by atoms with Gasteiger partial charge in [0.05, 0.1) is 19.8 Å². The van der Waals surface area contributed by atoms with Gasteiger partial charge >= 0.3 is 11.9 Å². The number of benzene rings is 1. The number of amides is 1. The molecule has 0 aromatic heterocycles. The lowest BCUT2D eigenvalue weighted by atomic mass is 10.1. The van der Waals surface area contributed by atoms with Crippen LogP contribution in [0.15, 0.2) is 58.6 Å². The predicted octanol–water partition coefficient (Wildman–Crippen LogP) is 1.55. The van der Waals surface area contributed by atoms with Crippen molar-refractivity contribution in [2.45, 2.75) is 20.8 Å². The zero-order valence-electron chi connectivity index (χ0n) is 17.0. The standard InChI is InChI=1S/C20H25N3O7/c1-4-28-18(25)14(12-15(19(26)29-5-2)20(27)30-6-3)16(21)22-23-17(24)13-10-8-7-9-11-13/h7-12,26H,4-6H2,1-3H3,(H2,21,22)(H,23,24)/b14-12+,19-15+. The Morgan fingerprint density at radius 1 is 1.00 bits per heavy atom. The second-order valence-electron chi connectivity index (χ2n) is 5.45. The molecule has 0 aliphatic rings. The topological polar surface area (TPSA) is 150 Å². The predicted molar refractivity (Wildman–Crippen MR) is 108 cm³/mol. The molecule has 1 amide bonds. The fourth-order valence-electron chi connectivity index (χ4n) is 2.05. The molecule has 162 valence electrons. The average molecular weight is 419 g/mol. The van der Waals surface area contributed by atoms with E-state index >= 15 is 0 Å². The zero-order valence-corrected chi connectivity index (χ0v) is 17.0. The lowest BCUT2D eigenvalue weighted by molar-refractivity contribution is -0.138. The molecule has 0 heterocycles. The molecule has 0 saturated heterocycles. The molecule has 0 radical (unpaired) electrons. The van der Waals surface area contributed by atoms with E-state index < -0.39 is 35.2 Å². The van der Waals surface area contributed by atoms with E-state index in [-0.39, 0.29) is 25.4 Å². The van der Waals surface area contributed by atoms with Gasteiger partial charge in [0, 0.05) is 5.56 Å². The number of aliphatic hydroxyl groups excluding tert-OH is 1. The highest BCUT2D eigenvalue weighted by atomic mass is 16.6. The van der Waals surface area contributed by atoms with Gasteiger partial charge in [-0.2, -0.15) is 5.10 Å². The molecule has 1 aromatic carbocycles. The third-order valence-electron chi connectivity index (χ3n) is 3.38. The van der Waals surface area contributed by atoms with Crippen molar-refractivity contribution >= 4 is 23.7 Å². The summed E-state index contributed by atoms with van der Waals surface area (Å²) >= 11 is 0. The molecule has 0 atom stereocenters. The van der Waals surface area contributed by atoms with E-state index in [0.717, 1.165) is 6.08 Å². The van der Waals surface area contributed by atoms with E-state index in [1.165, 1.54) is 0 Å². The molecule has 4 N–H and O–H groups in total. The Hall–Kier alpha value is -3.82. The minimum Gasteiger partial charge on any atom is -0.480 e. The van der Waals surface area contributed by atoms with Gasteiger partial charge in [0.15, 0.2) is 5.84 Å². The van der Waals surface area contributed by atoms with Gasteiger partial charge in [0.25, 0.3) is 11.9 Å². The van der Waals surface area contributed by atoms with Gasteiger partial charge in [0.1, 0.15) is 11.1 Å². The van der Waals surface area contributed by atoms with Crippen LogP contribution < -0.4 is 11.2 Å². The van der Waals surface area contributed by atoms with Crippen molar-refractivity contribution in [2.75, 3.05) is 19.8 Å². The van der Waals surface area contributed by atoms with E-state index in [1.807, 2.05) is 0 Å². The molecule has 10 heteroatoms. The number of nitrogens with two attached hydrogens (primary N) is 1. The fraction of sp³-hybridized carbons (Fsp3) is 0.300. The van der Waals surface area contributed by atoms with E-state index in [1.54, 1.807) is 51.1 Å². The minimum atomic E-state index is -0.952. The third-order valence-corrected chi connectivity index (χ3v) is 3.38. The fourth-order valence-corrected chi connectivity index (χ4v) is 2.05. The van der Waals surface area contributed by atoms with Crippen LogP contribution in [0.5, 0.6) is 0 Å². The number of hydrogen-bond acceptors (Lipinski definition) is 8. The van der Waals surface area contributed by atoms with Gasteiger partial charge in [0.2, 0.25) is 0 Å². The molecular weight excluding hydrogens is 394 g/mol. The van der Waals surface area contributed by atoms with Crippen molar-refractivity contribution in [3.63, 3.8) is 0 Å². The highest BCUT2D eigenvalue weighted by molar-refractivity contribution is 6.19. The first-order valence-corrected chi connectivity index (χ1v) is 9.16. The molecule has 10 nitrogen and oxygen atoms in total. The summed E-state index contributed by atoms with van der Waals surface area (Å²) in [6.45, 7) is 4.80. The Bertz CT molecular complexity index is 845. The highest BCUT2D eigenvalue weighted by Gasteiger charge is 2.23. The first-order chi connectivity index (χ1) is 14.3. The summed E-state index contributed by atoms with van der Waals surface area (Å²) in [5.74, 6) is -3.67. The third kappa shape index (κ3) is 7.30. The number of esters is 2. The molecule has 0 fully saturated rings. The maximum absolute atomic E-state index is 12.3. The van der Waals surface area contributed by atoms with Crippen molar-refractivity contribution in [3.8, 4) is 0 Å². The van der Waals surface area contributed by atoms with Gasteiger partial charge < -0.3 is 25.1 Å². The quantitative estimate of drug-likeness (QED) is 0.0983. The van der Waals surface area contributed by atoms with Crippen molar-refractivity contribution in [1.29, 1.82) is 0 Å². The van der Waals surface area contributed by atoms with Crippen LogP contribution in [0, 0.1) is 0 Å². The van der Waals surface area contributed by atoms with Crippen molar-refractivity contribution in [2.24, 2.45) is 10.8 Å². The summed E-state index contributed by atoms with van der Waals surface area (Å²) in [7, 11) is 0. The van der Waals surface area contributed by atoms with Crippen molar-refractivity contribution in [1.82, 2.24) is 5.43 Å². The van der Waals surface area contributed by atoms with Crippen LogP contribution >= 0.6 is 0 Å². The molecule has 0 aliphatic heterocycles. The number of ether oxygens (including phenoxy) is 3. The molecule has 0 bridgehead atoms. The summed E-state index contributed by atoms with van der Waals surface area (Å²) in [4.78, 5) is 36.6. The zero-order chi connectivity index (χ0) is 22.5. The number of aliphatic hydroxyl groups is 1. The summed E-state index contributed by atoms with van der Waals surface area (Å²) < 4.78 is 14.7. The van der Waals surface area contributed by atoms with Crippen molar-refractivity contribution in [3.05, 3.63) is 59.1 Å². The normalized spacial score (nSPS) is 12.5. The number of carbonyl (C=O) groups excluding carboxylic acids is 3. The van der Waals surface area contributed by atoms with E-state index in [9.17, 15) is 19.5 Å². The number of nitrogens with zero attached hydrogens (tertiary/aromatic N) is 1. The Morgan fingerprint density at radius 3 is 2.13 bits per heavy atom. The summed E-state index contributed by atoms with van der Waals surface area (Å²) in [6, 6.07) is 8.19. The number of nitrogens with one attached hydrogen (secondary N) is 1. The van der Waals surface area contributed by atoms with Crippen molar-refractivity contribution < 1.29 is 33.7 Å². The van der Waals surface area contributed by atoms with Crippen LogP contribution in [-0.4, -0.2) is 48.6 Å². The molecule has 1 rings (SSSR count). The molecule has 0 aliphatic carbocycles. The van der Waals surface area contributed by atoms with Gasteiger partial charge in [-0.1, -0.05) is 18.2 Å².